The molecule has 0 radical (unpaired) electrons. The summed E-state index contributed by atoms with van der Waals surface area (Å²) in [5.41, 5.74) is 1.60. The highest BCUT2D eigenvalue weighted by molar-refractivity contribution is 7.14. The van der Waals surface area contributed by atoms with Gasteiger partial charge >= 0.3 is 0 Å². The van der Waals surface area contributed by atoms with Crippen molar-refractivity contribution in [2.45, 2.75) is 12.5 Å². The maximum atomic E-state index is 12.1. The van der Waals surface area contributed by atoms with Gasteiger partial charge in [0.05, 0.1) is 18.3 Å². The van der Waals surface area contributed by atoms with Crippen LogP contribution in [0.1, 0.15) is 23.7 Å². The Balaban J connectivity index is 1.50. The SMILES string of the molecule is N#Cc1ccsc1NC(=O)CCN1CCOC(c2ccc(Cl)cc2)C1. The van der Waals surface area contributed by atoms with Crippen LogP contribution in [0.25, 0.3) is 0 Å². The van der Waals surface area contributed by atoms with Gasteiger partial charge in [-0.25, -0.2) is 0 Å². The van der Waals surface area contributed by atoms with E-state index in [1.54, 1.807) is 11.4 Å². The molecule has 1 atom stereocenters. The average molecular weight is 376 g/mol. The molecule has 1 aromatic heterocycles. The first-order valence-electron chi connectivity index (χ1n) is 8.02. The number of morpholine rings is 1. The molecule has 2 heterocycles. The lowest BCUT2D eigenvalue weighted by Crippen LogP contribution is -2.39. The highest BCUT2D eigenvalue weighted by Gasteiger charge is 2.22. The molecule has 0 aliphatic carbocycles. The highest BCUT2D eigenvalue weighted by Crippen LogP contribution is 2.24. The van der Waals surface area contributed by atoms with Crippen LogP contribution in [0, 0.1) is 11.3 Å². The van der Waals surface area contributed by atoms with E-state index in [2.05, 4.69) is 16.3 Å². The first-order valence-corrected chi connectivity index (χ1v) is 9.28. The third kappa shape index (κ3) is 4.80. The number of ether oxygens (including phenoxy) is 1. The van der Waals surface area contributed by atoms with Crippen molar-refractivity contribution in [2.75, 3.05) is 31.6 Å². The Labute approximate surface area is 155 Å². The second kappa shape index (κ2) is 8.45. The quantitative estimate of drug-likeness (QED) is 0.865. The maximum Gasteiger partial charge on any atom is 0.226 e. The molecule has 130 valence electrons. The minimum Gasteiger partial charge on any atom is -0.371 e. The lowest BCUT2D eigenvalue weighted by molar-refractivity contribution is -0.117. The number of halogens is 1. The van der Waals surface area contributed by atoms with Gasteiger partial charge in [0, 0.05) is 31.1 Å². The molecule has 2 aromatic rings. The summed E-state index contributed by atoms with van der Waals surface area (Å²) in [6, 6.07) is 11.5. The zero-order chi connectivity index (χ0) is 17.6. The maximum absolute atomic E-state index is 12.1. The molecule has 0 spiro atoms. The zero-order valence-corrected chi connectivity index (χ0v) is 15.1. The number of amides is 1. The van der Waals surface area contributed by atoms with Crippen LogP contribution < -0.4 is 5.32 Å². The van der Waals surface area contributed by atoms with E-state index in [0.717, 1.165) is 18.7 Å². The molecule has 1 fully saturated rings. The Kier molecular flexibility index (Phi) is 6.05. The van der Waals surface area contributed by atoms with Gasteiger partial charge in [-0.3, -0.25) is 9.69 Å². The van der Waals surface area contributed by atoms with E-state index in [1.165, 1.54) is 11.3 Å². The Morgan fingerprint density at radius 2 is 2.20 bits per heavy atom. The van der Waals surface area contributed by atoms with Crippen molar-refractivity contribution < 1.29 is 9.53 Å². The van der Waals surface area contributed by atoms with E-state index < -0.39 is 0 Å². The average Bonchev–Trinajstić information content (AvgIpc) is 3.08. The highest BCUT2D eigenvalue weighted by atomic mass is 35.5. The second-order valence-electron chi connectivity index (χ2n) is 5.78. The van der Waals surface area contributed by atoms with Gasteiger partial charge in [-0.2, -0.15) is 5.26 Å². The molecule has 1 aliphatic heterocycles. The number of benzene rings is 1. The Bertz CT molecular complexity index is 769. The molecule has 0 bridgehead atoms. The van der Waals surface area contributed by atoms with E-state index in [0.29, 0.717) is 35.2 Å². The molecule has 1 N–H and O–H groups in total. The second-order valence-corrected chi connectivity index (χ2v) is 7.14. The number of nitriles is 1. The van der Waals surface area contributed by atoms with E-state index in [1.807, 2.05) is 24.3 Å². The minimum atomic E-state index is -0.0755. The topological polar surface area (TPSA) is 65.4 Å². The fourth-order valence-electron chi connectivity index (χ4n) is 2.73. The number of anilines is 1. The van der Waals surface area contributed by atoms with Gasteiger partial charge < -0.3 is 10.1 Å². The fraction of sp³-hybridized carbons (Fsp3) is 0.333. The summed E-state index contributed by atoms with van der Waals surface area (Å²) in [6.07, 6.45) is 0.382. The van der Waals surface area contributed by atoms with Gasteiger partial charge in [0.1, 0.15) is 11.1 Å². The third-order valence-electron chi connectivity index (χ3n) is 4.09. The molecular weight excluding hydrogens is 358 g/mol. The monoisotopic (exact) mass is 375 g/mol. The predicted molar refractivity (Wildman–Crippen MR) is 98.9 cm³/mol. The van der Waals surface area contributed by atoms with E-state index >= 15 is 0 Å². The van der Waals surface area contributed by atoms with Crippen molar-refractivity contribution in [3.05, 3.63) is 51.9 Å². The fourth-order valence-corrected chi connectivity index (χ4v) is 3.61. The molecule has 1 saturated heterocycles. The van der Waals surface area contributed by atoms with E-state index in [9.17, 15) is 4.79 Å². The summed E-state index contributed by atoms with van der Waals surface area (Å²) in [4.78, 5) is 14.3. The largest absolute Gasteiger partial charge is 0.371 e. The molecule has 1 aliphatic rings. The number of rotatable bonds is 5. The van der Waals surface area contributed by atoms with Crippen molar-refractivity contribution in [1.82, 2.24) is 4.90 Å². The van der Waals surface area contributed by atoms with Gasteiger partial charge in [-0.15, -0.1) is 11.3 Å². The van der Waals surface area contributed by atoms with Gasteiger partial charge in [0.25, 0.3) is 0 Å². The molecular formula is C18H18ClN3O2S. The Hall–Kier alpha value is -1.91. The van der Waals surface area contributed by atoms with Gasteiger partial charge in [-0.05, 0) is 29.1 Å². The molecule has 3 rings (SSSR count). The number of carbonyl (C=O) groups is 1. The van der Waals surface area contributed by atoms with Crippen molar-refractivity contribution in [2.24, 2.45) is 0 Å². The lowest BCUT2D eigenvalue weighted by atomic mass is 10.1. The van der Waals surface area contributed by atoms with Crippen LogP contribution in [0.5, 0.6) is 0 Å². The van der Waals surface area contributed by atoms with Crippen molar-refractivity contribution in [1.29, 1.82) is 5.26 Å². The molecule has 1 amide bonds. The number of nitrogens with zero attached hydrogens (tertiary/aromatic N) is 2. The van der Waals surface area contributed by atoms with Crippen LogP contribution in [0.4, 0.5) is 5.00 Å². The van der Waals surface area contributed by atoms with Crippen LogP contribution in [0.15, 0.2) is 35.7 Å². The van der Waals surface area contributed by atoms with Crippen LogP contribution >= 0.6 is 22.9 Å². The Morgan fingerprint density at radius 1 is 1.40 bits per heavy atom. The zero-order valence-electron chi connectivity index (χ0n) is 13.6. The summed E-state index contributed by atoms with van der Waals surface area (Å²) in [7, 11) is 0. The van der Waals surface area contributed by atoms with Gasteiger partial charge in [0.2, 0.25) is 5.91 Å². The molecule has 1 aromatic carbocycles. The van der Waals surface area contributed by atoms with Crippen molar-refractivity contribution >= 4 is 33.8 Å². The van der Waals surface area contributed by atoms with Crippen LogP contribution in [0.3, 0.4) is 0 Å². The summed E-state index contributed by atoms with van der Waals surface area (Å²) >= 11 is 7.29. The summed E-state index contributed by atoms with van der Waals surface area (Å²) in [6.45, 7) is 2.85. The first-order chi connectivity index (χ1) is 12.2. The van der Waals surface area contributed by atoms with Crippen LogP contribution in [-0.2, 0) is 9.53 Å². The van der Waals surface area contributed by atoms with Crippen molar-refractivity contribution in [3.8, 4) is 6.07 Å². The smallest absolute Gasteiger partial charge is 0.226 e. The summed E-state index contributed by atoms with van der Waals surface area (Å²) in [5.74, 6) is -0.0755. The molecule has 0 saturated carbocycles. The normalized spacial score (nSPS) is 17.8. The van der Waals surface area contributed by atoms with E-state index in [4.69, 9.17) is 21.6 Å². The summed E-state index contributed by atoms with van der Waals surface area (Å²) < 4.78 is 5.84. The number of nitrogens with one attached hydrogen (secondary N) is 1. The van der Waals surface area contributed by atoms with E-state index in [-0.39, 0.29) is 12.0 Å². The van der Waals surface area contributed by atoms with Gasteiger partial charge in [0.15, 0.2) is 0 Å². The first kappa shape index (κ1) is 17.9. The predicted octanol–water partition coefficient (Wildman–Crippen LogP) is 3.68. The number of hydrogen-bond acceptors (Lipinski definition) is 5. The standard InChI is InChI=1S/C18H18ClN3O2S/c19-15-3-1-13(2-4-15)16-12-22(8-9-24-16)7-5-17(23)21-18-14(11-20)6-10-25-18/h1-4,6,10,16H,5,7-9,12H2,(H,21,23). The molecule has 5 nitrogen and oxygen atoms in total. The number of carbonyl (C=O) groups excluding carboxylic acids is 1. The number of thiophene rings is 1. The molecule has 7 heteroatoms. The van der Waals surface area contributed by atoms with Crippen LogP contribution in [0.2, 0.25) is 5.02 Å². The third-order valence-corrected chi connectivity index (χ3v) is 5.17. The van der Waals surface area contributed by atoms with Crippen LogP contribution in [-0.4, -0.2) is 37.0 Å². The lowest BCUT2D eigenvalue weighted by Gasteiger charge is -2.33. The molecule has 1 unspecified atom stereocenters. The van der Waals surface area contributed by atoms with Crippen molar-refractivity contribution in [3.63, 3.8) is 0 Å². The molecule has 25 heavy (non-hydrogen) atoms. The minimum absolute atomic E-state index is 0.00318. The Morgan fingerprint density at radius 3 is 2.96 bits per heavy atom. The van der Waals surface area contributed by atoms with Gasteiger partial charge in [-0.1, -0.05) is 23.7 Å². The summed E-state index contributed by atoms with van der Waals surface area (Å²) in [5, 5.41) is 14.9. The number of hydrogen-bond donors (Lipinski definition) is 1.